The van der Waals surface area contributed by atoms with Crippen LogP contribution >= 0.6 is 16.3 Å². The van der Waals surface area contributed by atoms with Gasteiger partial charge in [-0.15, -0.1) is 0 Å². The number of esters is 1. The summed E-state index contributed by atoms with van der Waals surface area (Å²) in [5, 5.41) is 4.26. The fourth-order valence-corrected chi connectivity index (χ4v) is 7.31. The summed E-state index contributed by atoms with van der Waals surface area (Å²) in [5.74, 6) is 0.628. The number of carbonyl (C=O) groups excluding carboxylic acids is 1. The molecule has 0 aliphatic heterocycles. The SMILES string of the molecule is COC(=O)c1cc(OP(c2ccccc2)c2ccccc2)cc(OP(c2ccccc2)c2ccccc2)c1. The Morgan fingerprint density at radius 1 is 0.500 bits per heavy atom. The Kier molecular flexibility index (Phi) is 8.46. The van der Waals surface area contributed by atoms with Gasteiger partial charge in [0.15, 0.2) is 16.3 Å². The first kappa shape index (κ1) is 25.7. The van der Waals surface area contributed by atoms with Gasteiger partial charge in [-0.1, -0.05) is 121 Å². The van der Waals surface area contributed by atoms with E-state index in [1.165, 1.54) is 7.11 Å². The Morgan fingerprint density at radius 3 is 1.11 bits per heavy atom. The molecule has 0 saturated carbocycles. The van der Waals surface area contributed by atoms with E-state index >= 15 is 0 Å². The maximum Gasteiger partial charge on any atom is 0.338 e. The van der Waals surface area contributed by atoms with Gasteiger partial charge in [0.05, 0.1) is 12.7 Å². The average molecular weight is 537 g/mol. The Hall–Kier alpha value is -3.97. The lowest BCUT2D eigenvalue weighted by molar-refractivity contribution is 0.0600. The molecule has 0 fully saturated rings. The predicted octanol–water partition coefficient (Wildman–Crippen LogP) is 6.33. The number of hydrogen-bond acceptors (Lipinski definition) is 4. The van der Waals surface area contributed by atoms with Crippen molar-refractivity contribution in [3.63, 3.8) is 0 Å². The molecule has 0 unspecified atom stereocenters. The first-order valence-corrected chi connectivity index (χ1v) is 14.6. The molecule has 6 heteroatoms. The molecule has 38 heavy (non-hydrogen) atoms. The zero-order chi connectivity index (χ0) is 26.2. The molecule has 4 nitrogen and oxygen atoms in total. The van der Waals surface area contributed by atoms with Gasteiger partial charge in [-0.05, 0) is 12.1 Å². The van der Waals surface area contributed by atoms with Gasteiger partial charge in [-0.3, -0.25) is 0 Å². The van der Waals surface area contributed by atoms with Gasteiger partial charge in [0.2, 0.25) is 0 Å². The van der Waals surface area contributed by atoms with Crippen LogP contribution in [0.15, 0.2) is 140 Å². The standard InChI is InChI=1S/C32H26O4P2/c1-34-32(33)25-22-26(35-37(28-14-6-2-7-15-28)29-16-8-3-9-17-29)24-27(23-25)36-38(30-18-10-4-11-19-30)31-20-12-5-13-21-31/h2-24H,1H3. The number of ether oxygens (including phenoxy) is 1. The molecule has 0 N–H and O–H groups in total. The van der Waals surface area contributed by atoms with Crippen LogP contribution in [0.5, 0.6) is 11.5 Å². The molecule has 0 radical (unpaired) electrons. The predicted molar refractivity (Wildman–Crippen MR) is 157 cm³/mol. The summed E-state index contributed by atoms with van der Waals surface area (Å²) in [7, 11) is -0.999. The molecular weight excluding hydrogens is 510 g/mol. The van der Waals surface area contributed by atoms with E-state index < -0.39 is 22.3 Å². The topological polar surface area (TPSA) is 44.8 Å². The van der Waals surface area contributed by atoms with E-state index in [0.717, 1.165) is 21.2 Å². The van der Waals surface area contributed by atoms with Crippen molar-refractivity contribution in [2.75, 3.05) is 7.11 Å². The Morgan fingerprint density at radius 2 is 0.816 bits per heavy atom. The molecule has 0 atom stereocenters. The summed E-state index contributed by atoms with van der Waals surface area (Å²) in [4.78, 5) is 12.6. The van der Waals surface area contributed by atoms with E-state index in [2.05, 4.69) is 48.5 Å². The Bertz CT molecular complexity index is 1280. The molecular formula is C32H26O4P2. The second-order valence-electron chi connectivity index (χ2n) is 8.30. The van der Waals surface area contributed by atoms with Gasteiger partial charge in [0.25, 0.3) is 0 Å². The second kappa shape index (κ2) is 12.5. The highest BCUT2D eigenvalue weighted by Crippen LogP contribution is 2.42. The van der Waals surface area contributed by atoms with Crippen LogP contribution in [0.25, 0.3) is 0 Å². The molecule has 5 rings (SSSR count). The van der Waals surface area contributed by atoms with Crippen molar-refractivity contribution in [1.29, 1.82) is 0 Å². The summed E-state index contributed by atoms with van der Waals surface area (Å²) in [6, 6.07) is 45.7. The first-order chi connectivity index (χ1) is 18.7. The minimum absolute atomic E-state index is 0.368. The van der Waals surface area contributed by atoms with Gasteiger partial charge < -0.3 is 13.8 Å². The quantitative estimate of drug-likeness (QED) is 0.163. The minimum atomic E-state index is -1.19. The highest BCUT2D eigenvalue weighted by Gasteiger charge is 2.22. The van der Waals surface area contributed by atoms with E-state index in [-0.39, 0.29) is 0 Å². The Balaban J connectivity index is 1.55. The van der Waals surface area contributed by atoms with Gasteiger partial charge in [0.1, 0.15) is 11.5 Å². The van der Waals surface area contributed by atoms with Gasteiger partial charge in [0, 0.05) is 27.3 Å². The van der Waals surface area contributed by atoms with Crippen molar-refractivity contribution in [1.82, 2.24) is 0 Å². The van der Waals surface area contributed by atoms with Gasteiger partial charge >= 0.3 is 5.97 Å². The van der Waals surface area contributed by atoms with Crippen molar-refractivity contribution in [2.24, 2.45) is 0 Å². The van der Waals surface area contributed by atoms with Crippen molar-refractivity contribution in [3.8, 4) is 11.5 Å². The van der Waals surface area contributed by atoms with E-state index in [1.54, 1.807) is 12.1 Å². The van der Waals surface area contributed by atoms with Crippen LogP contribution in [0.4, 0.5) is 0 Å². The van der Waals surface area contributed by atoms with Crippen molar-refractivity contribution >= 4 is 43.5 Å². The van der Waals surface area contributed by atoms with Gasteiger partial charge in [-0.25, -0.2) is 4.79 Å². The zero-order valence-corrected chi connectivity index (χ0v) is 22.6. The number of carbonyl (C=O) groups is 1. The molecule has 0 spiro atoms. The minimum Gasteiger partial charge on any atom is -0.465 e. The van der Waals surface area contributed by atoms with Crippen molar-refractivity contribution in [2.45, 2.75) is 0 Å². The fourth-order valence-electron chi connectivity index (χ4n) is 3.89. The van der Waals surface area contributed by atoms with Crippen LogP contribution in [0.2, 0.25) is 0 Å². The monoisotopic (exact) mass is 536 g/mol. The number of rotatable bonds is 9. The molecule has 0 heterocycles. The van der Waals surface area contributed by atoms with Crippen LogP contribution in [-0.2, 0) is 4.74 Å². The third-order valence-corrected chi connectivity index (χ3v) is 9.51. The molecule has 0 saturated heterocycles. The maximum atomic E-state index is 12.6. The summed E-state index contributed by atoms with van der Waals surface area (Å²) in [5.41, 5.74) is 0.368. The molecule has 0 bridgehead atoms. The molecule has 0 amide bonds. The lowest BCUT2D eigenvalue weighted by atomic mass is 10.2. The van der Waals surface area contributed by atoms with Crippen LogP contribution in [0, 0.1) is 0 Å². The second-order valence-corrected chi connectivity index (χ2v) is 11.9. The maximum absolute atomic E-state index is 12.6. The highest BCUT2D eigenvalue weighted by molar-refractivity contribution is 7.69. The van der Waals surface area contributed by atoms with Crippen LogP contribution in [0.1, 0.15) is 10.4 Å². The van der Waals surface area contributed by atoms with E-state index in [1.807, 2.05) is 78.9 Å². The molecule has 0 aromatic heterocycles. The highest BCUT2D eigenvalue weighted by atomic mass is 31.1. The number of hydrogen-bond donors (Lipinski definition) is 0. The molecule has 5 aromatic carbocycles. The molecule has 0 aliphatic rings. The first-order valence-electron chi connectivity index (χ1n) is 12.1. The largest absolute Gasteiger partial charge is 0.465 e. The Labute approximate surface area is 225 Å². The van der Waals surface area contributed by atoms with Crippen molar-refractivity contribution < 1.29 is 18.6 Å². The lowest BCUT2D eigenvalue weighted by Gasteiger charge is -2.22. The van der Waals surface area contributed by atoms with Crippen molar-refractivity contribution in [3.05, 3.63) is 145 Å². The number of methoxy groups -OCH3 is 1. The molecule has 188 valence electrons. The lowest BCUT2D eigenvalue weighted by Crippen LogP contribution is -2.16. The molecule has 5 aromatic rings. The summed E-state index contributed by atoms with van der Waals surface area (Å²) in [6.07, 6.45) is 0. The summed E-state index contributed by atoms with van der Waals surface area (Å²) < 4.78 is 18.3. The average Bonchev–Trinajstić information content (AvgIpc) is 3.00. The normalized spacial score (nSPS) is 10.8. The fraction of sp³-hybridized carbons (Fsp3) is 0.0312. The third kappa shape index (κ3) is 6.29. The summed E-state index contributed by atoms with van der Waals surface area (Å²) >= 11 is 0. The molecule has 0 aliphatic carbocycles. The third-order valence-electron chi connectivity index (χ3n) is 5.66. The van der Waals surface area contributed by atoms with Crippen LogP contribution < -0.4 is 30.3 Å². The van der Waals surface area contributed by atoms with E-state index in [9.17, 15) is 4.79 Å². The van der Waals surface area contributed by atoms with Crippen LogP contribution in [-0.4, -0.2) is 13.1 Å². The van der Waals surface area contributed by atoms with E-state index in [0.29, 0.717) is 17.1 Å². The van der Waals surface area contributed by atoms with Crippen LogP contribution in [0.3, 0.4) is 0 Å². The van der Waals surface area contributed by atoms with Gasteiger partial charge in [-0.2, -0.15) is 0 Å². The number of benzene rings is 5. The zero-order valence-electron chi connectivity index (χ0n) is 20.8. The van der Waals surface area contributed by atoms with E-state index in [4.69, 9.17) is 13.8 Å². The summed E-state index contributed by atoms with van der Waals surface area (Å²) in [6.45, 7) is 0. The smallest absolute Gasteiger partial charge is 0.338 e.